The molecule has 0 bridgehead atoms. The van der Waals surface area contributed by atoms with Crippen molar-refractivity contribution in [2.45, 2.75) is 33.2 Å². The Kier molecular flexibility index (Phi) is 8.13. The fourth-order valence-corrected chi connectivity index (χ4v) is 3.37. The molecule has 9 nitrogen and oxygen atoms in total. The largest absolute Gasteiger partial charge is 0.464 e. The second kappa shape index (κ2) is 10.2. The van der Waals surface area contributed by atoms with Crippen LogP contribution < -0.4 is 16.7 Å². The Morgan fingerprint density at radius 3 is 2.25 bits per heavy atom. The molecule has 1 amide bonds. The molecule has 0 spiro atoms. The molecule has 0 unspecified atom stereocenters. The Hall–Kier alpha value is -2.79. The zero-order valence-corrected chi connectivity index (χ0v) is 19.8. The van der Waals surface area contributed by atoms with Crippen molar-refractivity contribution in [2.75, 3.05) is 6.61 Å². The number of nitrogens with one attached hydrogen (secondary N) is 1. The maximum Gasteiger partial charge on any atom is 0.338 e. The number of hydrogen-bond acceptors (Lipinski definition) is 6. The Morgan fingerprint density at radius 2 is 1.75 bits per heavy atom. The summed E-state index contributed by atoms with van der Waals surface area (Å²) in [6.07, 6.45) is 0.571. The van der Waals surface area contributed by atoms with Crippen molar-refractivity contribution in [1.82, 2.24) is 19.0 Å². The van der Waals surface area contributed by atoms with Crippen LogP contribution in [0, 0.1) is 16.5 Å². The van der Waals surface area contributed by atoms with Gasteiger partial charge >= 0.3 is 17.3 Å². The summed E-state index contributed by atoms with van der Waals surface area (Å²) in [7, 11) is 2.66. The first-order chi connectivity index (χ1) is 15.0. The highest BCUT2D eigenvalue weighted by atomic mass is 35.5. The molecule has 0 fully saturated rings. The van der Waals surface area contributed by atoms with E-state index in [0.29, 0.717) is 11.0 Å². The number of halogens is 2. The first-order valence-electron chi connectivity index (χ1n) is 9.82. The third-order valence-corrected chi connectivity index (χ3v) is 5.95. The van der Waals surface area contributed by atoms with Gasteiger partial charge in [0, 0.05) is 14.1 Å². The molecular weight excluding hydrogens is 463 g/mol. The second-order valence-electron chi connectivity index (χ2n) is 7.17. The van der Waals surface area contributed by atoms with Crippen molar-refractivity contribution in [3.8, 4) is 5.69 Å². The standard InChI is InChI=1S/C20H24ClFN4O5S/c1-6-10(3)15(17(28)31-7-2)23-16(27)11-8-14(13(22)9-12(11)21)26-18(29)24(4)20(32)25(5)19(26)30/h8-10,15H,6-7H2,1-5H3,(H,23,27)/t10-,15-/m1/s1. The van der Waals surface area contributed by atoms with Crippen LogP contribution in [0.25, 0.3) is 5.69 Å². The van der Waals surface area contributed by atoms with Crippen LogP contribution in [0.4, 0.5) is 4.39 Å². The fraction of sp³-hybridized carbons (Fsp3) is 0.450. The average molecular weight is 487 g/mol. The van der Waals surface area contributed by atoms with E-state index in [2.05, 4.69) is 5.32 Å². The highest BCUT2D eigenvalue weighted by Gasteiger charge is 2.29. The van der Waals surface area contributed by atoms with E-state index in [1.165, 1.54) is 14.1 Å². The second-order valence-corrected chi connectivity index (χ2v) is 7.95. The zero-order chi connectivity index (χ0) is 24.3. The lowest BCUT2D eigenvalue weighted by Gasteiger charge is -2.23. The molecule has 2 rings (SSSR count). The fourth-order valence-electron chi connectivity index (χ4n) is 2.98. The molecule has 12 heteroatoms. The minimum Gasteiger partial charge on any atom is -0.464 e. The summed E-state index contributed by atoms with van der Waals surface area (Å²) >= 11 is 11.1. The summed E-state index contributed by atoms with van der Waals surface area (Å²) in [4.78, 5) is 50.5. The Bertz CT molecular complexity index is 1200. The van der Waals surface area contributed by atoms with Crippen LogP contribution in [-0.4, -0.2) is 38.2 Å². The molecule has 0 aliphatic rings. The molecule has 1 aromatic carbocycles. The smallest absolute Gasteiger partial charge is 0.338 e. The first kappa shape index (κ1) is 25.5. The van der Waals surface area contributed by atoms with Crippen LogP contribution in [0.5, 0.6) is 0 Å². The molecule has 1 heterocycles. The maximum atomic E-state index is 14.7. The molecule has 1 aromatic heterocycles. The summed E-state index contributed by atoms with van der Waals surface area (Å²) in [5, 5.41) is 2.30. The van der Waals surface area contributed by atoms with E-state index in [0.717, 1.165) is 21.3 Å². The lowest BCUT2D eigenvalue weighted by Crippen LogP contribution is -2.46. The van der Waals surface area contributed by atoms with Crippen LogP contribution in [0.2, 0.25) is 5.02 Å². The van der Waals surface area contributed by atoms with Gasteiger partial charge in [-0.25, -0.2) is 23.3 Å². The van der Waals surface area contributed by atoms with Crippen LogP contribution >= 0.6 is 23.8 Å². The van der Waals surface area contributed by atoms with E-state index in [1.54, 1.807) is 13.8 Å². The van der Waals surface area contributed by atoms with Gasteiger partial charge in [-0.1, -0.05) is 31.9 Å². The molecule has 2 aromatic rings. The topological polar surface area (TPSA) is 104 Å². The lowest BCUT2D eigenvalue weighted by molar-refractivity contribution is -0.146. The molecule has 0 aliphatic heterocycles. The Balaban J connectivity index is 2.63. The number of esters is 1. The van der Waals surface area contributed by atoms with Crippen LogP contribution in [0.1, 0.15) is 37.6 Å². The van der Waals surface area contributed by atoms with Crippen molar-refractivity contribution >= 4 is 35.7 Å². The number of carbonyl (C=O) groups excluding carboxylic acids is 2. The van der Waals surface area contributed by atoms with Gasteiger partial charge in [0.1, 0.15) is 11.9 Å². The third-order valence-electron chi connectivity index (χ3n) is 5.09. The van der Waals surface area contributed by atoms with Crippen molar-refractivity contribution in [1.29, 1.82) is 0 Å². The number of hydrogen-bond donors (Lipinski definition) is 1. The Morgan fingerprint density at radius 1 is 1.19 bits per heavy atom. The summed E-state index contributed by atoms with van der Waals surface area (Å²) < 4.78 is 22.2. The van der Waals surface area contributed by atoms with Gasteiger partial charge in [-0.3, -0.25) is 13.9 Å². The van der Waals surface area contributed by atoms with E-state index < -0.39 is 40.8 Å². The molecule has 0 saturated heterocycles. The Labute approximate surface area is 193 Å². The maximum absolute atomic E-state index is 14.7. The summed E-state index contributed by atoms with van der Waals surface area (Å²) in [5.41, 5.74) is -2.49. The van der Waals surface area contributed by atoms with Crippen molar-refractivity contribution in [2.24, 2.45) is 20.0 Å². The molecule has 2 atom stereocenters. The number of rotatable bonds is 7. The third kappa shape index (κ3) is 4.83. The van der Waals surface area contributed by atoms with Gasteiger partial charge < -0.3 is 10.1 Å². The summed E-state index contributed by atoms with van der Waals surface area (Å²) in [6.45, 7) is 5.38. The lowest BCUT2D eigenvalue weighted by atomic mass is 9.98. The van der Waals surface area contributed by atoms with E-state index in [4.69, 9.17) is 28.6 Å². The monoisotopic (exact) mass is 486 g/mol. The van der Waals surface area contributed by atoms with Crippen molar-refractivity contribution in [3.63, 3.8) is 0 Å². The average Bonchev–Trinajstić information content (AvgIpc) is 2.75. The minimum atomic E-state index is -0.994. The highest BCUT2D eigenvalue weighted by Crippen LogP contribution is 2.23. The van der Waals surface area contributed by atoms with Gasteiger partial charge in [0.15, 0.2) is 4.77 Å². The summed E-state index contributed by atoms with van der Waals surface area (Å²) in [5.74, 6) is -2.66. The van der Waals surface area contributed by atoms with E-state index >= 15 is 0 Å². The molecule has 174 valence electrons. The van der Waals surface area contributed by atoms with E-state index in [1.807, 2.05) is 6.92 Å². The van der Waals surface area contributed by atoms with Gasteiger partial charge in [0.05, 0.1) is 22.9 Å². The number of benzene rings is 1. The molecule has 1 N–H and O–H groups in total. The predicted molar refractivity (Wildman–Crippen MR) is 119 cm³/mol. The van der Waals surface area contributed by atoms with Crippen molar-refractivity contribution in [3.05, 3.63) is 54.3 Å². The molecular formula is C20H24ClFN4O5S. The number of amides is 1. The van der Waals surface area contributed by atoms with Crippen LogP contribution in [-0.2, 0) is 23.6 Å². The SMILES string of the molecule is CCOC(=O)[C@H](NC(=O)c1cc(-n2c(=O)n(C)c(=S)n(C)c2=O)c(F)cc1Cl)[C@H](C)CC. The van der Waals surface area contributed by atoms with Gasteiger partial charge in [0.2, 0.25) is 0 Å². The van der Waals surface area contributed by atoms with Crippen LogP contribution in [0.3, 0.4) is 0 Å². The van der Waals surface area contributed by atoms with Gasteiger partial charge in [-0.15, -0.1) is 0 Å². The highest BCUT2D eigenvalue weighted by molar-refractivity contribution is 7.71. The molecule has 32 heavy (non-hydrogen) atoms. The number of ether oxygens (including phenoxy) is 1. The van der Waals surface area contributed by atoms with Gasteiger partial charge in [-0.2, -0.15) is 0 Å². The van der Waals surface area contributed by atoms with Gasteiger partial charge in [0.25, 0.3) is 5.91 Å². The normalized spacial score (nSPS) is 12.8. The predicted octanol–water partition coefficient (Wildman–Crippen LogP) is 2.10. The summed E-state index contributed by atoms with van der Waals surface area (Å²) in [6, 6.07) is 0.837. The molecule has 0 aliphatic carbocycles. The quantitative estimate of drug-likeness (QED) is 0.475. The number of aromatic nitrogens is 3. The van der Waals surface area contributed by atoms with E-state index in [-0.39, 0.29) is 27.9 Å². The van der Waals surface area contributed by atoms with Crippen LogP contribution in [0.15, 0.2) is 21.7 Å². The van der Waals surface area contributed by atoms with Crippen molar-refractivity contribution < 1.29 is 18.7 Å². The number of nitrogens with zero attached hydrogens (tertiary/aromatic N) is 3. The first-order valence-corrected chi connectivity index (χ1v) is 10.6. The molecule has 0 radical (unpaired) electrons. The number of carbonyl (C=O) groups is 2. The van der Waals surface area contributed by atoms with Gasteiger partial charge in [-0.05, 0) is 37.2 Å². The van der Waals surface area contributed by atoms with E-state index in [9.17, 15) is 23.6 Å². The minimum absolute atomic E-state index is 0.0607. The molecule has 0 saturated carbocycles. The zero-order valence-electron chi connectivity index (χ0n) is 18.3.